The van der Waals surface area contributed by atoms with E-state index in [2.05, 4.69) is 51.2 Å². The Kier molecular flexibility index (Phi) is 5.88. The van der Waals surface area contributed by atoms with Gasteiger partial charge in [-0.05, 0) is 12.3 Å². The number of anilines is 1. The van der Waals surface area contributed by atoms with Crippen molar-refractivity contribution in [3.63, 3.8) is 0 Å². The standard InChI is InChI=1S/C14H22N6OS/c1-4-5-12-18-19-14(22-12)17-13(21)16-8-11-15-6-7-20(11)9-10(2)3/h6-7,10H,4-5,8-9H2,1-3H3,(H2,16,17,19,21). The molecule has 22 heavy (non-hydrogen) atoms. The molecule has 2 heterocycles. The van der Waals surface area contributed by atoms with Gasteiger partial charge in [-0.15, -0.1) is 10.2 Å². The van der Waals surface area contributed by atoms with Crippen molar-refractivity contribution in [1.29, 1.82) is 0 Å². The van der Waals surface area contributed by atoms with E-state index in [1.807, 2.05) is 6.20 Å². The molecule has 120 valence electrons. The predicted octanol–water partition coefficient (Wildman–Crippen LogP) is 2.66. The largest absolute Gasteiger partial charge is 0.333 e. The second-order valence-corrected chi connectivity index (χ2v) is 6.51. The summed E-state index contributed by atoms with van der Waals surface area (Å²) in [6, 6.07) is -0.293. The first-order valence-corrected chi connectivity index (χ1v) is 8.27. The molecule has 7 nitrogen and oxygen atoms in total. The van der Waals surface area contributed by atoms with Crippen LogP contribution in [0.1, 0.15) is 38.0 Å². The van der Waals surface area contributed by atoms with Crippen molar-refractivity contribution in [3.05, 3.63) is 23.2 Å². The molecule has 0 bridgehead atoms. The molecule has 0 aromatic carbocycles. The number of carbonyl (C=O) groups is 1. The fourth-order valence-electron chi connectivity index (χ4n) is 1.99. The summed E-state index contributed by atoms with van der Waals surface area (Å²) in [6.07, 6.45) is 5.57. The van der Waals surface area contributed by atoms with E-state index in [-0.39, 0.29) is 6.03 Å². The Hall–Kier alpha value is -1.96. The average Bonchev–Trinajstić information content (AvgIpc) is 3.06. The molecule has 0 aliphatic carbocycles. The monoisotopic (exact) mass is 322 g/mol. The number of carbonyl (C=O) groups excluding carboxylic acids is 1. The van der Waals surface area contributed by atoms with Crippen LogP contribution in [0.5, 0.6) is 0 Å². The van der Waals surface area contributed by atoms with Crippen LogP contribution in [0.15, 0.2) is 12.4 Å². The van der Waals surface area contributed by atoms with E-state index in [0.29, 0.717) is 17.6 Å². The third-order valence-corrected chi connectivity index (χ3v) is 3.82. The molecule has 0 saturated carbocycles. The summed E-state index contributed by atoms with van der Waals surface area (Å²) in [5.41, 5.74) is 0. The number of urea groups is 1. The highest BCUT2D eigenvalue weighted by molar-refractivity contribution is 7.15. The summed E-state index contributed by atoms with van der Waals surface area (Å²) >= 11 is 1.41. The average molecular weight is 322 g/mol. The first-order valence-electron chi connectivity index (χ1n) is 7.45. The van der Waals surface area contributed by atoms with Gasteiger partial charge in [-0.25, -0.2) is 9.78 Å². The van der Waals surface area contributed by atoms with Crippen LogP contribution in [0.25, 0.3) is 0 Å². The normalized spacial score (nSPS) is 10.9. The fraction of sp³-hybridized carbons (Fsp3) is 0.571. The second kappa shape index (κ2) is 7.88. The molecule has 2 aromatic heterocycles. The van der Waals surface area contributed by atoms with Gasteiger partial charge in [0.25, 0.3) is 0 Å². The lowest BCUT2D eigenvalue weighted by atomic mass is 10.2. The van der Waals surface area contributed by atoms with Crippen LogP contribution in [0.3, 0.4) is 0 Å². The molecule has 2 aromatic rings. The molecule has 0 saturated heterocycles. The van der Waals surface area contributed by atoms with Gasteiger partial charge in [0.15, 0.2) is 0 Å². The van der Waals surface area contributed by atoms with E-state index >= 15 is 0 Å². The lowest BCUT2D eigenvalue weighted by molar-refractivity contribution is 0.251. The van der Waals surface area contributed by atoms with Gasteiger partial charge in [0, 0.05) is 25.4 Å². The van der Waals surface area contributed by atoms with Crippen LogP contribution >= 0.6 is 11.3 Å². The Morgan fingerprint density at radius 3 is 2.95 bits per heavy atom. The Labute approximate surface area is 134 Å². The highest BCUT2D eigenvalue weighted by Crippen LogP contribution is 2.16. The molecule has 8 heteroatoms. The van der Waals surface area contributed by atoms with Crippen molar-refractivity contribution < 1.29 is 4.79 Å². The number of rotatable bonds is 7. The molecule has 0 radical (unpaired) electrons. The highest BCUT2D eigenvalue weighted by Gasteiger charge is 2.09. The maximum atomic E-state index is 11.9. The number of aromatic nitrogens is 4. The quantitative estimate of drug-likeness (QED) is 0.820. The van der Waals surface area contributed by atoms with Gasteiger partial charge in [0.05, 0.1) is 6.54 Å². The number of nitrogens with one attached hydrogen (secondary N) is 2. The molecule has 0 fully saturated rings. The minimum absolute atomic E-state index is 0.293. The smallest absolute Gasteiger partial charge is 0.321 e. The van der Waals surface area contributed by atoms with Crippen LogP contribution in [-0.2, 0) is 19.5 Å². The van der Waals surface area contributed by atoms with Crippen LogP contribution in [0.4, 0.5) is 9.93 Å². The third-order valence-electron chi connectivity index (χ3n) is 2.92. The maximum Gasteiger partial charge on any atom is 0.321 e. The van der Waals surface area contributed by atoms with Crippen molar-refractivity contribution in [3.8, 4) is 0 Å². The van der Waals surface area contributed by atoms with Crippen molar-refractivity contribution in [2.45, 2.75) is 46.7 Å². The van der Waals surface area contributed by atoms with Crippen molar-refractivity contribution in [2.24, 2.45) is 5.92 Å². The summed E-state index contributed by atoms with van der Waals surface area (Å²) in [5.74, 6) is 1.37. The van der Waals surface area contributed by atoms with Crippen molar-refractivity contribution >= 4 is 22.5 Å². The van der Waals surface area contributed by atoms with Crippen LogP contribution in [-0.4, -0.2) is 25.8 Å². The van der Waals surface area contributed by atoms with E-state index in [9.17, 15) is 4.79 Å². The molecular weight excluding hydrogens is 300 g/mol. The van der Waals surface area contributed by atoms with Gasteiger partial charge in [-0.2, -0.15) is 0 Å². The van der Waals surface area contributed by atoms with Gasteiger partial charge in [0.1, 0.15) is 10.8 Å². The summed E-state index contributed by atoms with van der Waals surface area (Å²) in [7, 11) is 0. The minimum Gasteiger partial charge on any atom is -0.333 e. The number of nitrogens with zero attached hydrogens (tertiary/aromatic N) is 4. The minimum atomic E-state index is -0.293. The number of hydrogen-bond acceptors (Lipinski definition) is 5. The Morgan fingerprint density at radius 1 is 1.41 bits per heavy atom. The lowest BCUT2D eigenvalue weighted by Gasteiger charge is -2.10. The first kappa shape index (κ1) is 16.4. The van der Waals surface area contributed by atoms with Crippen molar-refractivity contribution in [2.75, 3.05) is 5.32 Å². The zero-order valence-electron chi connectivity index (χ0n) is 13.2. The topological polar surface area (TPSA) is 84.7 Å². The molecule has 0 atom stereocenters. The lowest BCUT2D eigenvalue weighted by Crippen LogP contribution is -2.29. The van der Waals surface area contributed by atoms with Gasteiger partial charge < -0.3 is 9.88 Å². The van der Waals surface area contributed by atoms with Gasteiger partial charge in [0.2, 0.25) is 5.13 Å². The van der Waals surface area contributed by atoms with E-state index in [0.717, 1.165) is 30.2 Å². The molecule has 0 unspecified atom stereocenters. The van der Waals surface area contributed by atoms with Crippen molar-refractivity contribution in [1.82, 2.24) is 25.1 Å². The van der Waals surface area contributed by atoms with E-state index in [4.69, 9.17) is 0 Å². The molecule has 2 N–H and O–H groups in total. The zero-order chi connectivity index (χ0) is 15.9. The maximum absolute atomic E-state index is 11.9. The summed E-state index contributed by atoms with van der Waals surface area (Å²) < 4.78 is 2.05. The van der Waals surface area contributed by atoms with E-state index < -0.39 is 0 Å². The van der Waals surface area contributed by atoms with Gasteiger partial charge in [-0.3, -0.25) is 5.32 Å². The summed E-state index contributed by atoms with van der Waals surface area (Å²) in [4.78, 5) is 16.2. The third kappa shape index (κ3) is 4.80. The number of amides is 2. The zero-order valence-corrected chi connectivity index (χ0v) is 14.0. The van der Waals surface area contributed by atoms with Gasteiger partial charge >= 0.3 is 6.03 Å². The molecule has 0 aliphatic heterocycles. The van der Waals surface area contributed by atoms with Crippen LogP contribution in [0, 0.1) is 5.92 Å². The number of aryl methyl sites for hydroxylation is 1. The summed E-state index contributed by atoms with van der Waals surface area (Å²) in [5, 5.41) is 14.9. The second-order valence-electron chi connectivity index (χ2n) is 5.45. The molecular formula is C14H22N6OS. The predicted molar refractivity (Wildman–Crippen MR) is 86.8 cm³/mol. The first-order chi connectivity index (χ1) is 10.6. The van der Waals surface area contributed by atoms with E-state index in [1.165, 1.54) is 11.3 Å². The highest BCUT2D eigenvalue weighted by atomic mass is 32.1. The number of hydrogen-bond donors (Lipinski definition) is 2. The molecule has 2 rings (SSSR count). The molecule has 0 aliphatic rings. The van der Waals surface area contributed by atoms with Crippen LogP contribution in [0.2, 0.25) is 0 Å². The summed E-state index contributed by atoms with van der Waals surface area (Å²) in [6.45, 7) is 7.64. The molecule has 2 amide bonds. The molecule has 0 spiro atoms. The van der Waals surface area contributed by atoms with Gasteiger partial charge in [-0.1, -0.05) is 32.1 Å². The van der Waals surface area contributed by atoms with Crippen LogP contribution < -0.4 is 10.6 Å². The fourth-order valence-corrected chi connectivity index (χ4v) is 2.82. The van der Waals surface area contributed by atoms with E-state index in [1.54, 1.807) is 6.20 Å². The number of imidazole rings is 1. The Morgan fingerprint density at radius 2 is 2.23 bits per heavy atom. The SMILES string of the molecule is CCCc1nnc(NC(=O)NCc2nccn2CC(C)C)s1. The Balaban J connectivity index is 1.83. The Bertz CT molecular complexity index is 606.